The molecule has 1 N–H and O–H groups in total. The van der Waals surface area contributed by atoms with Gasteiger partial charge >= 0.3 is 5.97 Å². The summed E-state index contributed by atoms with van der Waals surface area (Å²) >= 11 is 0. The van der Waals surface area contributed by atoms with E-state index in [0.717, 1.165) is 5.56 Å². The number of hydrogen-bond acceptors (Lipinski definition) is 4. The molecule has 2 aromatic carbocycles. The molecular formula is C18H19NO4. The molecule has 5 nitrogen and oxygen atoms in total. The van der Waals surface area contributed by atoms with Gasteiger partial charge in [-0.1, -0.05) is 36.4 Å². The monoisotopic (exact) mass is 313 g/mol. The molecule has 0 spiro atoms. The zero-order valence-electron chi connectivity index (χ0n) is 12.9. The molecule has 2 rings (SSSR count). The molecule has 0 aliphatic carbocycles. The number of carbonyl (C=O) groups excluding carboxylic acids is 2. The third kappa shape index (κ3) is 4.85. The van der Waals surface area contributed by atoms with E-state index in [1.54, 1.807) is 11.0 Å². The van der Waals surface area contributed by atoms with Gasteiger partial charge in [0, 0.05) is 13.1 Å². The van der Waals surface area contributed by atoms with E-state index in [2.05, 4.69) is 0 Å². The highest BCUT2D eigenvalue weighted by atomic mass is 16.5. The Morgan fingerprint density at radius 2 is 1.83 bits per heavy atom. The van der Waals surface area contributed by atoms with Crippen LogP contribution in [-0.4, -0.2) is 35.0 Å². The van der Waals surface area contributed by atoms with Crippen molar-refractivity contribution in [1.29, 1.82) is 0 Å². The number of rotatable bonds is 6. The smallest absolute Gasteiger partial charge is 0.338 e. The molecule has 5 heteroatoms. The van der Waals surface area contributed by atoms with Crippen molar-refractivity contribution in [3.05, 3.63) is 65.7 Å². The van der Waals surface area contributed by atoms with Crippen LogP contribution in [0, 0.1) is 0 Å². The lowest BCUT2D eigenvalue weighted by Gasteiger charge is -2.20. The van der Waals surface area contributed by atoms with Crippen LogP contribution in [0.15, 0.2) is 54.6 Å². The summed E-state index contributed by atoms with van der Waals surface area (Å²) in [4.78, 5) is 25.7. The number of ether oxygens (including phenoxy) is 1. The largest absolute Gasteiger partial charge is 0.508 e. The number of carbonyl (C=O) groups is 2. The van der Waals surface area contributed by atoms with Gasteiger partial charge in [0.05, 0.1) is 5.56 Å². The Morgan fingerprint density at radius 1 is 1.09 bits per heavy atom. The van der Waals surface area contributed by atoms with Crippen LogP contribution in [0.2, 0.25) is 0 Å². The van der Waals surface area contributed by atoms with Crippen molar-refractivity contribution in [2.45, 2.75) is 13.5 Å². The Hall–Kier alpha value is -2.82. The number of benzene rings is 2. The second-order valence-corrected chi connectivity index (χ2v) is 5.02. The molecule has 0 aromatic heterocycles. The van der Waals surface area contributed by atoms with Crippen LogP contribution in [0.4, 0.5) is 0 Å². The van der Waals surface area contributed by atoms with Gasteiger partial charge < -0.3 is 14.7 Å². The van der Waals surface area contributed by atoms with Gasteiger partial charge in [0.1, 0.15) is 5.75 Å². The summed E-state index contributed by atoms with van der Waals surface area (Å²) in [7, 11) is 0. The van der Waals surface area contributed by atoms with E-state index >= 15 is 0 Å². The molecule has 0 saturated carbocycles. The quantitative estimate of drug-likeness (QED) is 0.832. The van der Waals surface area contributed by atoms with Crippen molar-refractivity contribution in [3.8, 4) is 5.75 Å². The van der Waals surface area contributed by atoms with Crippen molar-refractivity contribution in [1.82, 2.24) is 4.90 Å². The van der Waals surface area contributed by atoms with Crippen molar-refractivity contribution >= 4 is 11.9 Å². The summed E-state index contributed by atoms with van der Waals surface area (Å²) < 4.78 is 5.02. The molecule has 0 heterocycles. The first-order chi connectivity index (χ1) is 11.1. The molecule has 0 radical (unpaired) electrons. The topological polar surface area (TPSA) is 66.8 Å². The molecule has 0 bridgehead atoms. The molecule has 0 fully saturated rings. The lowest BCUT2D eigenvalue weighted by Crippen LogP contribution is -2.34. The van der Waals surface area contributed by atoms with Crippen molar-refractivity contribution in [3.63, 3.8) is 0 Å². The summed E-state index contributed by atoms with van der Waals surface area (Å²) in [5, 5.41) is 9.35. The molecule has 2 aromatic rings. The molecule has 120 valence electrons. The Bertz CT molecular complexity index is 670. The van der Waals surface area contributed by atoms with Crippen molar-refractivity contribution in [2.24, 2.45) is 0 Å². The Labute approximate surface area is 135 Å². The van der Waals surface area contributed by atoms with Crippen LogP contribution in [0.1, 0.15) is 22.8 Å². The number of phenolic OH excluding ortho intramolecular Hbond substituents is 1. The van der Waals surface area contributed by atoms with Crippen LogP contribution >= 0.6 is 0 Å². The highest BCUT2D eigenvalue weighted by molar-refractivity contribution is 5.91. The third-order valence-corrected chi connectivity index (χ3v) is 3.36. The van der Waals surface area contributed by atoms with E-state index in [1.165, 1.54) is 18.2 Å². The number of likely N-dealkylation sites (N-methyl/N-ethyl adjacent to an activating group) is 1. The van der Waals surface area contributed by atoms with E-state index in [9.17, 15) is 14.7 Å². The van der Waals surface area contributed by atoms with Gasteiger partial charge in [0.25, 0.3) is 5.91 Å². The Morgan fingerprint density at radius 3 is 2.48 bits per heavy atom. The van der Waals surface area contributed by atoms with Crippen LogP contribution in [0.25, 0.3) is 0 Å². The van der Waals surface area contributed by atoms with Crippen molar-refractivity contribution in [2.75, 3.05) is 13.2 Å². The highest BCUT2D eigenvalue weighted by Crippen LogP contribution is 2.12. The molecule has 0 aliphatic heterocycles. The van der Waals surface area contributed by atoms with E-state index < -0.39 is 5.97 Å². The normalized spacial score (nSPS) is 10.1. The minimum absolute atomic E-state index is 0.0231. The van der Waals surface area contributed by atoms with Crippen LogP contribution in [0.5, 0.6) is 5.75 Å². The Kier molecular flexibility index (Phi) is 5.74. The number of phenols is 1. The lowest BCUT2D eigenvalue weighted by atomic mass is 10.2. The fourth-order valence-electron chi connectivity index (χ4n) is 2.11. The third-order valence-electron chi connectivity index (χ3n) is 3.36. The maximum Gasteiger partial charge on any atom is 0.338 e. The number of esters is 1. The first kappa shape index (κ1) is 16.5. The Balaban J connectivity index is 1.91. The minimum atomic E-state index is -0.634. The van der Waals surface area contributed by atoms with Crippen LogP contribution < -0.4 is 0 Å². The van der Waals surface area contributed by atoms with Gasteiger partial charge in [0.15, 0.2) is 6.61 Å². The number of aromatic hydroxyl groups is 1. The number of amides is 1. The van der Waals surface area contributed by atoms with Gasteiger partial charge in [-0.05, 0) is 30.7 Å². The zero-order valence-corrected chi connectivity index (χ0v) is 12.9. The molecule has 0 saturated heterocycles. The molecule has 23 heavy (non-hydrogen) atoms. The van der Waals surface area contributed by atoms with Gasteiger partial charge in [-0.15, -0.1) is 0 Å². The first-order valence-electron chi connectivity index (χ1n) is 7.38. The van der Waals surface area contributed by atoms with Crippen LogP contribution in [-0.2, 0) is 16.1 Å². The standard InChI is InChI=1S/C18H19NO4/c1-2-19(12-14-7-4-3-5-8-14)17(21)13-23-18(22)15-9-6-10-16(20)11-15/h3-11,20H,2,12-13H2,1H3. The summed E-state index contributed by atoms with van der Waals surface area (Å²) in [5.41, 5.74) is 1.23. The maximum absolute atomic E-state index is 12.2. The van der Waals surface area contributed by atoms with Gasteiger partial charge in [-0.25, -0.2) is 4.79 Å². The zero-order chi connectivity index (χ0) is 16.7. The predicted octanol–water partition coefficient (Wildman–Crippen LogP) is 2.60. The average Bonchev–Trinajstić information content (AvgIpc) is 2.58. The van der Waals surface area contributed by atoms with E-state index in [1.807, 2.05) is 37.3 Å². The van der Waals surface area contributed by atoms with E-state index in [0.29, 0.717) is 13.1 Å². The second kappa shape index (κ2) is 7.98. The summed E-state index contributed by atoms with van der Waals surface area (Å²) in [6, 6.07) is 15.4. The fraction of sp³-hybridized carbons (Fsp3) is 0.222. The number of hydrogen-bond donors (Lipinski definition) is 1. The van der Waals surface area contributed by atoms with Crippen LogP contribution in [0.3, 0.4) is 0 Å². The molecule has 0 atom stereocenters. The molecule has 1 amide bonds. The van der Waals surface area contributed by atoms with Gasteiger partial charge in [0.2, 0.25) is 0 Å². The van der Waals surface area contributed by atoms with Crippen molar-refractivity contribution < 1.29 is 19.4 Å². The summed E-state index contributed by atoms with van der Waals surface area (Å²) in [6.45, 7) is 2.55. The van der Waals surface area contributed by atoms with Gasteiger partial charge in [-0.2, -0.15) is 0 Å². The first-order valence-corrected chi connectivity index (χ1v) is 7.38. The molecule has 0 unspecified atom stereocenters. The van der Waals surface area contributed by atoms with E-state index in [-0.39, 0.29) is 23.8 Å². The fourth-order valence-corrected chi connectivity index (χ4v) is 2.11. The maximum atomic E-state index is 12.2. The molecular weight excluding hydrogens is 294 g/mol. The molecule has 0 aliphatic rings. The second-order valence-electron chi connectivity index (χ2n) is 5.02. The summed E-state index contributed by atoms with van der Waals surface area (Å²) in [5.74, 6) is -0.917. The summed E-state index contributed by atoms with van der Waals surface area (Å²) in [6.07, 6.45) is 0. The SMILES string of the molecule is CCN(Cc1ccccc1)C(=O)COC(=O)c1cccc(O)c1. The average molecular weight is 313 g/mol. The van der Waals surface area contributed by atoms with Gasteiger partial charge in [-0.3, -0.25) is 4.79 Å². The lowest BCUT2D eigenvalue weighted by molar-refractivity contribution is -0.134. The van der Waals surface area contributed by atoms with E-state index in [4.69, 9.17) is 4.74 Å². The highest BCUT2D eigenvalue weighted by Gasteiger charge is 2.15. The minimum Gasteiger partial charge on any atom is -0.508 e. The predicted molar refractivity (Wildman–Crippen MR) is 85.9 cm³/mol. The number of nitrogens with zero attached hydrogens (tertiary/aromatic N) is 1.